The van der Waals surface area contributed by atoms with Crippen molar-refractivity contribution in [3.8, 4) is 0 Å². The van der Waals surface area contributed by atoms with E-state index >= 15 is 0 Å². The van der Waals surface area contributed by atoms with E-state index in [9.17, 15) is 14.4 Å². The highest BCUT2D eigenvalue weighted by molar-refractivity contribution is 5.71. The molecule has 0 amide bonds. The summed E-state index contributed by atoms with van der Waals surface area (Å²) >= 11 is 0. The summed E-state index contributed by atoms with van der Waals surface area (Å²) in [5, 5.41) is 0. The molecule has 6 heteroatoms. The fourth-order valence-corrected chi connectivity index (χ4v) is 6.32. The molecule has 0 spiro atoms. The Morgan fingerprint density at radius 1 is 0.323 bits per heavy atom. The van der Waals surface area contributed by atoms with E-state index in [0.717, 1.165) is 103 Å². The van der Waals surface area contributed by atoms with E-state index in [1.165, 1.54) is 38.5 Å². The van der Waals surface area contributed by atoms with E-state index < -0.39 is 6.10 Å². The lowest BCUT2D eigenvalue weighted by Gasteiger charge is -2.18. The van der Waals surface area contributed by atoms with Gasteiger partial charge in [-0.15, -0.1) is 0 Å². The fraction of sp³-hybridized carbons (Fsp3) is 0.542. The average molecular weight is 895 g/mol. The van der Waals surface area contributed by atoms with Gasteiger partial charge in [-0.2, -0.15) is 0 Å². The van der Waals surface area contributed by atoms with E-state index in [4.69, 9.17) is 14.2 Å². The molecule has 0 saturated heterocycles. The number of allylic oxidation sites excluding steroid dienone is 24. The van der Waals surface area contributed by atoms with Gasteiger partial charge in [0.25, 0.3) is 0 Å². The summed E-state index contributed by atoms with van der Waals surface area (Å²) in [7, 11) is 0. The van der Waals surface area contributed by atoms with Crippen molar-refractivity contribution in [2.75, 3.05) is 13.2 Å². The molecule has 6 nitrogen and oxygen atoms in total. The molecule has 0 fully saturated rings. The molecule has 0 aliphatic carbocycles. The Kier molecular flexibility index (Phi) is 48.2. The van der Waals surface area contributed by atoms with Crippen LogP contribution >= 0.6 is 0 Å². The van der Waals surface area contributed by atoms with Gasteiger partial charge in [-0.25, -0.2) is 0 Å². The highest BCUT2D eigenvalue weighted by Gasteiger charge is 2.19. The third kappa shape index (κ3) is 50.2. The number of esters is 3. The van der Waals surface area contributed by atoms with Crippen molar-refractivity contribution in [2.45, 2.75) is 194 Å². The first-order valence-corrected chi connectivity index (χ1v) is 25.5. The summed E-state index contributed by atoms with van der Waals surface area (Å²) < 4.78 is 16.7. The molecule has 0 aromatic carbocycles. The van der Waals surface area contributed by atoms with Crippen LogP contribution < -0.4 is 0 Å². The monoisotopic (exact) mass is 895 g/mol. The van der Waals surface area contributed by atoms with Crippen molar-refractivity contribution < 1.29 is 28.6 Å². The third-order valence-corrected chi connectivity index (χ3v) is 10.0. The van der Waals surface area contributed by atoms with Crippen LogP contribution in [-0.2, 0) is 28.6 Å². The molecule has 0 N–H and O–H groups in total. The van der Waals surface area contributed by atoms with E-state index in [0.29, 0.717) is 12.8 Å². The van der Waals surface area contributed by atoms with Crippen molar-refractivity contribution in [3.05, 3.63) is 146 Å². The minimum atomic E-state index is -0.828. The molecule has 0 heterocycles. The zero-order chi connectivity index (χ0) is 47.2. The van der Waals surface area contributed by atoms with Gasteiger partial charge in [-0.3, -0.25) is 14.4 Å². The van der Waals surface area contributed by atoms with Crippen LogP contribution in [0.15, 0.2) is 146 Å². The van der Waals surface area contributed by atoms with E-state index in [-0.39, 0.29) is 44.0 Å². The van der Waals surface area contributed by atoms with Gasteiger partial charge >= 0.3 is 17.9 Å². The summed E-state index contributed by atoms with van der Waals surface area (Å²) in [5.41, 5.74) is 0. The molecule has 0 aromatic heterocycles. The average Bonchev–Trinajstić information content (AvgIpc) is 3.30. The standard InChI is InChI=1S/C59H90O6/c1-4-7-10-13-16-19-22-25-27-28-29-30-32-34-37-40-43-46-49-52-58(61)64-55-56(54-63-57(60)51-48-45-42-39-36-33-24-21-18-15-12-9-6-3)65-59(62)53-50-47-44-41-38-35-31-26-23-20-17-14-11-8-5-2/h7-12,14-21,23-27,31,33,36,39,42,56H,4-6,13,22,28-30,32,34-35,37-38,40-41,43-55H2,1-3H3/b10-7+,11-8+,12-9+,17-14+,18-15+,19-16+,23-20+,24-21+,27-25+,31-26+,36-33+,42-39+. The summed E-state index contributed by atoms with van der Waals surface area (Å²) in [6.45, 7) is 6.13. The zero-order valence-electron chi connectivity index (χ0n) is 41.2. The van der Waals surface area contributed by atoms with E-state index in [1.54, 1.807) is 0 Å². The summed E-state index contributed by atoms with van der Waals surface area (Å²) in [6, 6.07) is 0. The Balaban J connectivity index is 4.52. The highest BCUT2D eigenvalue weighted by atomic mass is 16.6. The molecule has 65 heavy (non-hydrogen) atoms. The quantitative estimate of drug-likeness (QED) is 0.0199. The Bertz CT molecular complexity index is 1490. The number of unbranched alkanes of at least 4 members (excludes halogenated alkanes) is 15. The van der Waals surface area contributed by atoms with Crippen molar-refractivity contribution >= 4 is 17.9 Å². The van der Waals surface area contributed by atoms with Crippen LogP contribution in [0.2, 0.25) is 0 Å². The maximum absolute atomic E-state index is 12.8. The largest absolute Gasteiger partial charge is 0.462 e. The lowest BCUT2D eigenvalue weighted by Crippen LogP contribution is -2.30. The molecule has 0 rings (SSSR count). The number of carbonyl (C=O) groups is 3. The maximum Gasteiger partial charge on any atom is 0.306 e. The van der Waals surface area contributed by atoms with Gasteiger partial charge in [0.2, 0.25) is 0 Å². The molecule has 0 saturated carbocycles. The van der Waals surface area contributed by atoms with Crippen molar-refractivity contribution in [1.82, 2.24) is 0 Å². The highest BCUT2D eigenvalue weighted by Crippen LogP contribution is 2.13. The first-order chi connectivity index (χ1) is 32.0. The SMILES string of the molecule is CC/C=C/C=C/C=C/C=C/C=C/CCCC(=O)OCC(COC(=O)CCCCCCCCCCC/C=C/C/C=C/C/C=C/CC)OC(=O)CCCCCCC/C=C/C=C/C=C/C=C/CC. The van der Waals surface area contributed by atoms with Crippen LogP contribution in [0.1, 0.15) is 188 Å². The lowest BCUT2D eigenvalue weighted by molar-refractivity contribution is -0.167. The summed E-state index contributed by atoms with van der Waals surface area (Å²) in [6.07, 6.45) is 74.1. The molecule has 0 aliphatic rings. The van der Waals surface area contributed by atoms with Crippen LogP contribution in [-0.4, -0.2) is 37.2 Å². The molecule has 0 radical (unpaired) electrons. The molecule has 362 valence electrons. The number of carbonyl (C=O) groups excluding carboxylic acids is 3. The van der Waals surface area contributed by atoms with Gasteiger partial charge in [0, 0.05) is 19.3 Å². The van der Waals surface area contributed by atoms with Gasteiger partial charge in [-0.05, 0) is 83.5 Å². The van der Waals surface area contributed by atoms with Gasteiger partial charge in [-0.1, -0.05) is 231 Å². The summed E-state index contributed by atoms with van der Waals surface area (Å²) in [4.78, 5) is 38.0. The van der Waals surface area contributed by atoms with E-state index in [1.807, 2.05) is 79.0 Å². The van der Waals surface area contributed by atoms with Crippen molar-refractivity contribution in [3.63, 3.8) is 0 Å². The smallest absolute Gasteiger partial charge is 0.306 e. The molecule has 0 aromatic rings. The molecule has 1 atom stereocenters. The van der Waals surface area contributed by atoms with Crippen LogP contribution in [0.25, 0.3) is 0 Å². The Morgan fingerprint density at radius 2 is 0.646 bits per heavy atom. The van der Waals surface area contributed by atoms with Crippen molar-refractivity contribution in [1.29, 1.82) is 0 Å². The zero-order valence-corrected chi connectivity index (χ0v) is 41.2. The number of hydrogen-bond acceptors (Lipinski definition) is 6. The molecular formula is C59H90O6. The number of hydrogen-bond donors (Lipinski definition) is 0. The Morgan fingerprint density at radius 3 is 1.11 bits per heavy atom. The van der Waals surface area contributed by atoms with Gasteiger partial charge in [0.05, 0.1) is 0 Å². The normalized spacial score (nSPS) is 13.3. The predicted octanol–water partition coefficient (Wildman–Crippen LogP) is 16.9. The second-order valence-electron chi connectivity index (χ2n) is 16.1. The molecule has 1 unspecified atom stereocenters. The van der Waals surface area contributed by atoms with Gasteiger partial charge in [0.1, 0.15) is 13.2 Å². The summed E-state index contributed by atoms with van der Waals surface area (Å²) in [5.74, 6) is -1.04. The predicted molar refractivity (Wildman–Crippen MR) is 279 cm³/mol. The Hall–Kier alpha value is -4.71. The van der Waals surface area contributed by atoms with Crippen LogP contribution in [0, 0.1) is 0 Å². The van der Waals surface area contributed by atoms with Crippen molar-refractivity contribution in [2.24, 2.45) is 0 Å². The number of ether oxygens (including phenoxy) is 3. The Labute approximate surface area is 397 Å². The van der Waals surface area contributed by atoms with Gasteiger partial charge < -0.3 is 14.2 Å². The van der Waals surface area contributed by atoms with Crippen LogP contribution in [0.5, 0.6) is 0 Å². The van der Waals surface area contributed by atoms with Crippen LogP contribution in [0.4, 0.5) is 0 Å². The third-order valence-electron chi connectivity index (χ3n) is 10.0. The molecule has 0 aliphatic heterocycles. The van der Waals surface area contributed by atoms with Crippen LogP contribution in [0.3, 0.4) is 0 Å². The minimum Gasteiger partial charge on any atom is -0.462 e. The first kappa shape index (κ1) is 60.3. The maximum atomic E-state index is 12.8. The molecule has 0 bridgehead atoms. The topological polar surface area (TPSA) is 78.9 Å². The minimum absolute atomic E-state index is 0.120. The van der Waals surface area contributed by atoms with E-state index in [2.05, 4.69) is 87.6 Å². The van der Waals surface area contributed by atoms with Gasteiger partial charge in [0.15, 0.2) is 6.10 Å². The molecular weight excluding hydrogens is 805 g/mol. The number of rotatable bonds is 43. The second kappa shape index (κ2) is 51.9. The first-order valence-electron chi connectivity index (χ1n) is 25.5. The second-order valence-corrected chi connectivity index (χ2v) is 16.1. The lowest BCUT2D eigenvalue weighted by atomic mass is 10.1. The fourth-order valence-electron chi connectivity index (χ4n) is 6.32.